The van der Waals surface area contributed by atoms with Gasteiger partial charge in [-0.05, 0) is 44.0 Å². The highest BCUT2D eigenvalue weighted by atomic mass is 16.3. The molecule has 0 atom stereocenters. The molecule has 2 N–H and O–H groups in total. The summed E-state index contributed by atoms with van der Waals surface area (Å²) in [6, 6.07) is 7.65. The molecule has 4 aromatic rings. The van der Waals surface area contributed by atoms with Gasteiger partial charge in [0.2, 0.25) is 5.89 Å². The maximum atomic E-state index is 12.9. The van der Waals surface area contributed by atoms with Gasteiger partial charge in [0.25, 0.3) is 5.91 Å². The van der Waals surface area contributed by atoms with Crippen molar-refractivity contribution in [1.29, 1.82) is 0 Å². The van der Waals surface area contributed by atoms with Crippen LogP contribution < -0.4 is 10.2 Å². The molecule has 0 bridgehead atoms. The monoisotopic (exact) mass is 388 g/mol. The van der Waals surface area contributed by atoms with Crippen LogP contribution in [0.15, 0.2) is 47.3 Å². The average molecular weight is 388 g/mol. The largest absolute Gasteiger partial charge is 0.444 e. The number of carbonyl (C=O) groups excluding carboxylic acids is 1. The van der Waals surface area contributed by atoms with Gasteiger partial charge in [-0.3, -0.25) is 14.9 Å². The third-order valence-corrected chi connectivity index (χ3v) is 5.13. The Morgan fingerprint density at radius 1 is 1.24 bits per heavy atom. The average Bonchev–Trinajstić information content (AvgIpc) is 3.47. The summed E-state index contributed by atoms with van der Waals surface area (Å²) in [5.74, 6) is 0.0783. The second-order valence-electron chi connectivity index (χ2n) is 7.20. The smallest absolute Gasteiger partial charge is 0.277 e. The number of nitrogens with zero attached hydrogens (tertiary/aromatic N) is 4. The molecule has 0 unspecified atom stereocenters. The predicted octanol–water partition coefficient (Wildman–Crippen LogP) is 3.77. The number of benzene rings is 1. The van der Waals surface area contributed by atoms with Gasteiger partial charge in [0.05, 0.1) is 23.1 Å². The standard InChI is InChI=1S/C21H20N6O2/c1-13-8-14(4-5-22-13)21-25-18(12-29-21)20(28)24-17-10-16-15(11-23-26-16)9-19(17)27-6-2-3-7-27/h4-5,8-12H,2-3,6-7H2,1H3,(H,23,26)(H,24,28). The number of oxazole rings is 1. The van der Waals surface area contributed by atoms with Gasteiger partial charge in [0, 0.05) is 35.9 Å². The molecule has 0 aliphatic carbocycles. The molecule has 8 nitrogen and oxygen atoms in total. The zero-order valence-corrected chi connectivity index (χ0v) is 16.0. The maximum Gasteiger partial charge on any atom is 0.277 e. The lowest BCUT2D eigenvalue weighted by Crippen LogP contribution is -2.21. The topological polar surface area (TPSA) is 99.9 Å². The van der Waals surface area contributed by atoms with Gasteiger partial charge in [-0.15, -0.1) is 0 Å². The second-order valence-corrected chi connectivity index (χ2v) is 7.20. The van der Waals surface area contributed by atoms with Gasteiger partial charge in [-0.2, -0.15) is 5.10 Å². The van der Waals surface area contributed by atoms with Gasteiger partial charge in [-0.25, -0.2) is 4.98 Å². The third-order valence-electron chi connectivity index (χ3n) is 5.13. The Kier molecular flexibility index (Phi) is 4.23. The summed E-state index contributed by atoms with van der Waals surface area (Å²) >= 11 is 0. The van der Waals surface area contributed by atoms with Gasteiger partial charge in [0.1, 0.15) is 6.26 Å². The van der Waals surface area contributed by atoms with Gasteiger partial charge in [-0.1, -0.05) is 0 Å². The van der Waals surface area contributed by atoms with Crippen LogP contribution in [0.2, 0.25) is 0 Å². The maximum absolute atomic E-state index is 12.9. The van der Waals surface area contributed by atoms with Crippen molar-refractivity contribution in [2.24, 2.45) is 0 Å². The van der Waals surface area contributed by atoms with Crippen LogP contribution >= 0.6 is 0 Å². The van der Waals surface area contributed by atoms with E-state index in [0.717, 1.165) is 59.5 Å². The fraction of sp³-hybridized carbons (Fsp3) is 0.238. The Morgan fingerprint density at radius 2 is 2.10 bits per heavy atom. The SMILES string of the molecule is Cc1cc(-c2nc(C(=O)Nc3cc4[nH]ncc4cc3N3CCCC3)co2)ccn1. The van der Waals surface area contributed by atoms with E-state index in [1.54, 1.807) is 18.5 Å². The van der Waals surface area contributed by atoms with E-state index in [2.05, 4.69) is 36.4 Å². The van der Waals surface area contributed by atoms with Crippen LogP contribution in [-0.2, 0) is 0 Å². The van der Waals surface area contributed by atoms with Gasteiger partial charge in [0.15, 0.2) is 5.69 Å². The van der Waals surface area contributed by atoms with E-state index in [1.807, 2.05) is 19.1 Å². The normalized spacial score (nSPS) is 13.9. The number of anilines is 2. The van der Waals surface area contributed by atoms with E-state index >= 15 is 0 Å². The van der Waals surface area contributed by atoms with E-state index in [-0.39, 0.29) is 11.6 Å². The fourth-order valence-corrected chi connectivity index (χ4v) is 3.67. The second kappa shape index (κ2) is 7.05. The van der Waals surface area contributed by atoms with Crippen LogP contribution in [0.1, 0.15) is 29.0 Å². The van der Waals surface area contributed by atoms with Crippen LogP contribution in [0.3, 0.4) is 0 Å². The van der Waals surface area contributed by atoms with E-state index in [0.29, 0.717) is 5.89 Å². The number of H-pyrrole nitrogens is 1. The van der Waals surface area contributed by atoms with Crippen molar-refractivity contribution in [2.45, 2.75) is 19.8 Å². The number of aromatic amines is 1. The van der Waals surface area contributed by atoms with Crippen molar-refractivity contribution >= 4 is 28.2 Å². The van der Waals surface area contributed by atoms with E-state index < -0.39 is 0 Å². The zero-order valence-electron chi connectivity index (χ0n) is 16.0. The minimum Gasteiger partial charge on any atom is -0.444 e. The quantitative estimate of drug-likeness (QED) is 0.552. The van der Waals surface area contributed by atoms with Crippen molar-refractivity contribution in [3.05, 3.63) is 54.3 Å². The summed E-state index contributed by atoms with van der Waals surface area (Å²) < 4.78 is 5.53. The Balaban J connectivity index is 1.45. The summed E-state index contributed by atoms with van der Waals surface area (Å²) in [5.41, 5.74) is 4.47. The number of aromatic nitrogens is 4. The first-order chi connectivity index (χ1) is 14.2. The fourth-order valence-electron chi connectivity index (χ4n) is 3.67. The van der Waals surface area contributed by atoms with Crippen LogP contribution in [-0.4, -0.2) is 39.2 Å². The van der Waals surface area contributed by atoms with Crippen LogP contribution in [0.5, 0.6) is 0 Å². The number of carbonyl (C=O) groups is 1. The Morgan fingerprint density at radius 3 is 2.93 bits per heavy atom. The molecule has 8 heteroatoms. The molecule has 0 saturated carbocycles. The number of aryl methyl sites for hydroxylation is 1. The zero-order chi connectivity index (χ0) is 19.8. The highest BCUT2D eigenvalue weighted by molar-refractivity contribution is 6.06. The third kappa shape index (κ3) is 3.33. The summed E-state index contributed by atoms with van der Waals surface area (Å²) in [6.07, 6.45) is 7.16. The summed E-state index contributed by atoms with van der Waals surface area (Å²) in [7, 11) is 0. The molecular formula is C21H20N6O2. The van der Waals surface area contributed by atoms with Crippen LogP contribution in [0.4, 0.5) is 11.4 Å². The number of nitrogens with one attached hydrogen (secondary N) is 2. The number of hydrogen-bond acceptors (Lipinski definition) is 6. The molecule has 1 saturated heterocycles. The lowest BCUT2D eigenvalue weighted by Gasteiger charge is -2.21. The Hall–Kier alpha value is -3.68. The van der Waals surface area contributed by atoms with E-state index in [4.69, 9.17) is 4.42 Å². The first-order valence-electron chi connectivity index (χ1n) is 9.59. The Bertz CT molecular complexity index is 1190. The van der Waals surface area contributed by atoms with Gasteiger partial charge >= 0.3 is 0 Å². The molecule has 1 amide bonds. The number of amides is 1. The minimum atomic E-state index is -0.315. The van der Waals surface area contributed by atoms with Crippen molar-refractivity contribution < 1.29 is 9.21 Å². The molecule has 3 aromatic heterocycles. The predicted molar refractivity (Wildman–Crippen MR) is 110 cm³/mol. The molecule has 1 fully saturated rings. The molecule has 4 heterocycles. The Labute approximate surface area is 167 Å². The first kappa shape index (κ1) is 17.4. The van der Waals surface area contributed by atoms with Crippen molar-refractivity contribution in [3.8, 4) is 11.5 Å². The number of hydrogen-bond donors (Lipinski definition) is 2. The van der Waals surface area contributed by atoms with E-state index in [1.165, 1.54) is 6.26 Å². The molecule has 1 aromatic carbocycles. The molecule has 1 aliphatic heterocycles. The lowest BCUT2D eigenvalue weighted by atomic mass is 10.2. The number of fused-ring (bicyclic) bond motifs is 1. The van der Waals surface area contributed by atoms with Gasteiger partial charge < -0.3 is 14.6 Å². The molecule has 29 heavy (non-hydrogen) atoms. The summed E-state index contributed by atoms with van der Waals surface area (Å²) in [5, 5.41) is 11.1. The molecule has 1 aliphatic rings. The molecule has 5 rings (SSSR count). The van der Waals surface area contributed by atoms with Crippen molar-refractivity contribution in [1.82, 2.24) is 20.2 Å². The lowest BCUT2D eigenvalue weighted by molar-refractivity contribution is 0.102. The van der Waals surface area contributed by atoms with Crippen molar-refractivity contribution in [3.63, 3.8) is 0 Å². The molecule has 0 radical (unpaired) electrons. The van der Waals surface area contributed by atoms with Crippen molar-refractivity contribution in [2.75, 3.05) is 23.3 Å². The van der Waals surface area contributed by atoms with E-state index in [9.17, 15) is 4.79 Å². The summed E-state index contributed by atoms with van der Waals surface area (Å²) in [4.78, 5) is 23.7. The number of pyridine rings is 1. The van der Waals surface area contributed by atoms with Crippen LogP contribution in [0, 0.1) is 6.92 Å². The van der Waals surface area contributed by atoms with Crippen LogP contribution in [0.25, 0.3) is 22.4 Å². The summed E-state index contributed by atoms with van der Waals surface area (Å²) in [6.45, 7) is 3.84. The molecule has 146 valence electrons. The first-order valence-corrected chi connectivity index (χ1v) is 9.59. The number of rotatable bonds is 4. The molecular weight excluding hydrogens is 368 g/mol. The minimum absolute atomic E-state index is 0.228. The highest BCUT2D eigenvalue weighted by Crippen LogP contribution is 2.33. The molecule has 0 spiro atoms. The highest BCUT2D eigenvalue weighted by Gasteiger charge is 2.20.